The van der Waals surface area contributed by atoms with E-state index in [4.69, 9.17) is 4.74 Å². The normalized spacial score (nSPS) is 10.5. The van der Waals surface area contributed by atoms with Crippen molar-refractivity contribution in [1.29, 1.82) is 0 Å². The summed E-state index contributed by atoms with van der Waals surface area (Å²) >= 11 is 0. The second-order valence-electron chi connectivity index (χ2n) is 3.74. The van der Waals surface area contributed by atoms with Crippen LogP contribution in [0.4, 0.5) is 4.79 Å². The topological polar surface area (TPSA) is 97.0 Å². The fourth-order valence-electron chi connectivity index (χ4n) is 1.53. The van der Waals surface area contributed by atoms with Crippen LogP contribution in [0.15, 0.2) is 6.20 Å². The average molecular weight is 266 g/mol. The SMILES string of the molecule is CCOC(=O)OCn1nnc(-c2c(C)cnn2C)n1. The Morgan fingerprint density at radius 1 is 1.42 bits per heavy atom. The van der Waals surface area contributed by atoms with Gasteiger partial charge in [-0.3, -0.25) is 4.68 Å². The summed E-state index contributed by atoms with van der Waals surface area (Å²) in [5.74, 6) is 0.421. The molecule has 0 N–H and O–H groups in total. The van der Waals surface area contributed by atoms with E-state index in [0.29, 0.717) is 5.82 Å². The van der Waals surface area contributed by atoms with Crippen LogP contribution in [-0.2, 0) is 23.3 Å². The molecule has 0 bridgehead atoms. The molecule has 9 heteroatoms. The predicted molar refractivity (Wildman–Crippen MR) is 62.9 cm³/mol. The van der Waals surface area contributed by atoms with E-state index in [2.05, 4.69) is 25.2 Å². The largest absolute Gasteiger partial charge is 0.510 e. The maximum absolute atomic E-state index is 11.0. The summed E-state index contributed by atoms with van der Waals surface area (Å²) in [5.41, 5.74) is 1.70. The molecule has 102 valence electrons. The van der Waals surface area contributed by atoms with Gasteiger partial charge in [-0.05, 0) is 24.6 Å². The number of hydrogen-bond donors (Lipinski definition) is 0. The van der Waals surface area contributed by atoms with Gasteiger partial charge in [0.15, 0.2) is 0 Å². The molecule has 2 aromatic rings. The van der Waals surface area contributed by atoms with E-state index in [1.165, 1.54) is 4.80 Å². The fraction of sp³-hybridized carbons (Fsp3) is 0.500. The molecule has 19 heavy (non-hydrogen) atoms. The Morgan fingerprint density at radius 2 is 2.21 bits per heavy atom. The molecule has 0 spiro atoms. The first-order chi connectivity index (χ1) is 9.11. The highest BCUT2D eigenvalue weighted by molar-refractivity contribution is 5.59. The van der Waals surface area contributed by atoms with Crippen molar-refractivity contribution in [3.63, 3.8) is 0 Å². The lowest BCUT2D eigenvalue weighted by Gasteiger charge is -2.02. The molecule has 2 heterocycles. The second-order valence-corrected chi connectivity index (χ2v) is 3.74. The van der Waals surface area contributed by atoms with Gasteiger partial charge in [-0.1, -0.05) is 0 Å². The first kappa shape index (κ1) is 13.0. The number of ether oxygens (including phenoxy) is 2. The highest BCUT2D eigenvalue weighted by Gasteiger charge is 2.14. The lowest BCUT2D eigenvalue weighted by molar-refractivity contribution is 0.0289. The Morgan fingerprint density at radius 3 is 2.84 bits per heavy atom. The molecule has 0 fully saturated rings. The third kappa shape index (κ3) is 2.87. The van der Waals surface area contributed by atoms with Crippen LogP contribution in [0.5, 0.6) is 0 Å². The summed E-state index contributed by atoms with van der Waals surface area (Å²) in [6, 6.07) is 0. The maximum Gasteiger partial charge on any atom is 0.510 e. The van der Waals surface area contributed by atoms with Crippen LogP contribution in [0.25, 0.3) is 11.5 Å². The van der Waals surface area contributed by atoms with Gasteiger partial charge in [0.05, 0.1) is 12.8 Å². The first-order valence-electron chi connectivity index (χ1n) is 5.68. The molecule has 0 aliphatic heterocycles. The number of carbonyl (C=O) groups is 1. The molecule has 0 saturated carbocycles. The van der Waals surface area contributed by atoms with Crippen LogP contribution in [0, 0.1) is 6.92 Å². The quantitative estimate of drug-likeness (QED) is 0.744. The van der Waals surface area contributed by atoms with Crippen LogP contribution in [0.3, 0.4) is 0 Å². The Balaban J connectivity index is 2.06. The van der Waals surface area contributed by atoms with Crippen molar-refractivity contribution in [3.05, 3.63) is 11.8 Å². The number of rotatable bonds is 4. The van der Waals surface area contributed by atoms with E-state index in [1.807, 2.05) is 6.92 Å². The average Bonchev–Trinajstić information content (AvgIpc) is 2.94. The lowest BCUT2D eigenvalue weighted by atomic mass is 10.3. The number of carbonyl (C=O) groups excluding carboxylic acids is 1. The molecular weight excluding hydrogens is 252 g/mol. The van der Waals surface area contributed by atoms with Crippen LogP contribution in [0.1, 0.15) is 12.5 Å². The fourth-order valence-corrected chi connectivity index (χ4v) is 1.53. The second kappa shape index (κ2) is 5.46. The summed E-state index contributed by atoms with van der Waals surface area (Å²) < 4.78 is 11.0. The number of nitrogens with zero attached hydrogens (tertiary/aromatic N) is 6. The smallest absolute Gasteiger partial charge is 0.435 e. The van der Waals surface area contributed by atoms with Crippen molar-refractivity contribution in [2.24, 2.45) is 7.05 Å². The summed E-state index contributed by atoms with van der Waals surface area (Å²) in [5, 5.41) is 15.9. The number of aromatic nitrogens is 6. The molecule has 0 unspecified atom stereocenters. The van der Waals surface area contributed by atoms with Crippen molar-refractivity contribution in [1.82, 2.24) is 30.0 Å². The zero-order valence-electron chi connectivity index (χ0n) is 10.9. The van der Waals surface area contributed by atoms with Gasteiger partial charge in [0.1, 0.15) is 5.69 Å². The zero-order chi connectivity index (χ0) is 13.8. The van der Waals surface area contributed by atoms with E-state index >= 15 is 0 Å². The third-order valence-corrected chi connectivity index (χ3v) is 2.35. The minimum absolute atomic E-state index is 0.150. The predicted octanol–water partition coefficient (Wildman–Crippen LogP) is 0.513. The van der Waals surface area contributed by atoms with Crippen molar-refractivity contribution < 1.29 is 14.3 Å². The van der Waals surface area contributed by atoms with E-state index < -0.39 is 6.16 Å². The van der Waals surface area contributed by atoms with Crippen LogP contribution in [0.2, 0.25) is 0 Å². The van der Waals surface area contributed by atoms with E-state index in [0.717, 1.165) is 11.3 Å². The molecule has 2 aromatic heterocycles. The third-order valence-electron chi connectivity index (χ3n) is 2.35. The van der Waals surface area contributed by atoms with Crippen molar-refractivity contribution in [2.45, 2.75) is 20.6 Å². The molecule has 0 radical (unpaired) electrons. The summed E-state index contributed by atoms with van der Waals surface area (Å²) in [7, 11) is 1.79. The Kier molecular flexibility index (Phi) is 3.74. The summed E-state index contributed by atoms with van der Waals surface area (Å²) in [6.45, 7) is 3.70. The monoisotopic (exact) mass is 266 g/mol. The van der Waals surface area contributed by atoms with E-state index in [9.17, 15) is 4.79 Å². The Hall–Kier alpha value is -2.45. The minimum atomic E-state index is -0.766. The lowest BCUT2D eigenvalue weighted by Crippen LogP contribution is -2.13. The first-order valence-corrected chi connectivity index (χ1v) is 5.68. The molecule has 2 rings (SSSR count). The minimum Gasteiger partial charge on any atom is -0.435 e. The summed E-state index contributed by atoms with van der Waals surface area (Å²) in [4.78, 5) is 12.2. The summed E-state index contributed by atoms with van der Waals surface area (Å²) in [6.07, 6.45) is 0.948. The van der Waals surface area contributed by atoms with Gasteiger partial charge in [0.2, 0.25) is 12.6 Å². The van der Waals surface area contributed by atoms with Gasteiger partial charge in [0, 0.05) is 7.05 Å². The van der Waals surface area contributed by atoms with E-state index in [1.54, 1.807) is 24.9 Å². The molecule has 0 aromatic carbocycles. The van der Waals surface area contributed by atoms with Gasteiger partial charge >= 0.3 is 6.16 Å². The highest BCUT2D eigenvalue weighted by atomic mass is 16.7. The molecule has 0 aliphatic carbocycles. The maximum atomic E-state index is 11.0. The zero-order valence-corrected chi connectivity index (χ0v) is 10.9. The van der Waals surface area contributed by atoms with Gasteiger partial charge in [-0.2, -0.15) is 5.10 Å². The van der Waals surface area contributed by atoms with Gasteiger partial charge < -0.3 is 9.47 Å². The number of aryl methyl sites for hydroxylation is 2. The molecule has 0 aliphatic rings. The van der Waals surface area contributed by atoms with Crippen molar-refractivity contribution in [2.75, 3.05) is 6.61 Å². The number of tetrazole rings is 1. The number of hydrogen-bond acceptors (Lipinski definition) is 7. The molecule has 9 nitrogen and oxygen atoms in total. The van der Waals surface area contributed by atoms with Crippen LogP contribution >= 0.6 is 0 Å². The Labute approximate surface area is 109 Å². The standard InChI is InChI=1S/C10H14N6O3/c1-4-18-10(17)19-6-16-13-9(12-14-16)8-7(2)5-11-15(8)3/h5H,4,6H2,1-3H3. The van der Waals surface area contributed by atoms with E-state index in [-0.39, 0.29) is 13.3 Å². The van der Waals surface area contributed by atoms with Gasteiger partial charge in [-0.25, -0.2) is 4.79 Å². The van der Waals surface area contributed by atoms with Crippen LogP contribution < -0.4 is 0 Å². The highest BCUT2D eigenvalue weighted by Crippen LogP contribution is 2.16. The van der Waals surface area contributed by atoms with Gasteiger partial charge in [0.25, 0.3) is 0 Å². The van der Waals surface area contributed by atoms with Crippen molar-refractivity contribution >= 4 is 6.16 Å². The molecule has 0 amide bonds. The van der Waals surface area contributed by atoms with Gasteiger partial charge in [-0.15, -0.1) is 15.0 Å². The molecular formula is C10H14N6O3. The van der Waals surface area contributed by atoms with Crippen molar-refractivity contribution in [3.8, 4) is 11.5 Å². The molecule has 0 atom stereocenters. The molecule has 0 saturated heterocycles. The van der Waals surface area contributed by atoms with Crippen LogP contribution in [-0.4, -0.2) is 42.7 Å². The Bertz CT molecular complexity index is 556.